The van der Waals surface area contributed by atoms with Gasteiger partial charge in [-0.25, -0.2) is 9.59 Å². The van der Waals surface area contributed by atoms with Crippen LogP contribution >= 0.6 is 11.3 Å². The SMILES string of the molecule is Cc1sc(NC(=O)NC2(C)CCOCC2)c(C(=O)O)c1C. The number of urea groups is 1. The van der Waals surface area contributed by atoms with Crippen molar-refractivity contribution in [2.24, 2.45) is 0 Å². The van der Waals surface area contributed by atoms with Gasteiger partial charge in [0, 0.05) is 23.6 Å². The number of hydrogen-bond acceptors (Lipinski definition) is 4. The number of carbonyl (C=O) groups excluding carboxylic acids is 1. The summed E-state index contributed by atoms with van der Waals surface area (Å²) in [5.74, 6) is -1.02. The maximum atomic E-state index is 12.1. The molecule has 1 aliphatic heterocycles. The lowest BCUT2D eigenvalue weighted by atomic mass is 9.93. The van der Waals surface area contributed by atoms with Gasteiger partial charge in [0.1, 0.15) is 5.00 Å². The van der Waals surface area contributed by atoms with Gasteiger partial charge in [0.15, 0.2) is 0 Å². The minimum absolute atomic E-state index is 0.171. The number of ether oxygens (including phenoxy) is 1. The van der Waals surface area contributed by atoms with E-state index in [1.807, 2.05) is 13.8 Å². The lowest BCUT2D eigenvalue weighted by molar-refractivity contribution is 0.0499. The van der Waals surface area contributed by atoms with Gasteiger partial charge >= 0.3 is 12.0 Å². The molecule has 1 fully saturated rings. The van der Waals surface area contributed by atoms with Crippen molar-refractivity contribution in [3.63, 3.8) is 0 Å². The summed E-state index contributed by atoms with van der Waals surface area (Å²) >= 11 is 1.28. The van der Waals surface area contributed by atoms with E-state index < -0.39 is 5.97 Å². The number of amides is 2. The minimum Gasteiger partial charge on any atom is -0.478 e. The van der Waals surface area contributed by atoms with Gasteiger partial charge < -0.3 is 15.2 Å². The highest BCUT2D eigenvalue weighted by Gasteiger charge is 2.29. The molecule has 6 nitrogen and oxygen atoms in total. The summed E-state index contributed by atoms with van der Waals surface area (Å²) in [6.07, 6.45) is 1.49. The standard InChI is InChI=1S/C14H20N2O4S/c1-8-9(2)21-11(10(8)12(17)18)15-13(19)16-14(3)4-6-20-7-5-14/h4-7H2,1-3H3,(H,17,18)(H2,15,16,19). The Morgan fingerprint density at radius 2 is 1.90 bits per heavy atom. The first-order valence-electron chi connectivity index (χ1n) is 6.82. The lowest BCUT2D eigenvalue weighted by Gasteiger charge is -2.34. The average molecular weight is 312 g/mol. The topological polar surface area (TPSA) is 87.7 Å². The van der Waals surface area contributed by atoms with Crippen LogP contribution in [0, 0.1) is 13.8 Å². The molecule has 7 heteroatoms. The Morgan fingerprint density at radius 3 is 2.48 bits per heavy atom. The van der Waals surface area contributed by atoms with Gasteiger partial charge in [0.25, 0.3) is 0 Å². The molecule has 0 radical (unpaired) electrons. The number of carboxylic acids is 1. The number of hydrogen-bond donors (Lipinski definition) is 3. The smallest absolute Gasteiger partial charge is 0.338 e. The summed E-state index contributed by atoms with van der Waals surface area (Å²) in [7, 11) is 0. The normalized spacial score (nSPS) is 17.3. The molecule has 21 heavy (non-hydrogen) atoms. The molecule has 2 rings (SSSR count). The molecule has 1 aliphatic rings. The third-order valence-electron chi connectivity index (χ3n) is 3.84. The van der Waals surface area contributed by atoms with E-state index in [4.69, 9.17) is 4.74 Å². The first kappa shape index (κ1) is 15.8. The van der Waals surface area contributed by atoms with Crippen LogP contribution in [0.25, 0.3) is 0 Å². The van der Waals surface area contributed by atoms with Crippen LogP contribution in [0.3, 0.4) is 0 Å². The molecule has 1 aromatic rings. The molecule has 1 aromatic heterocycles. The van der Waals surface area contributed by atoms with Crippen molar-refractivity contribution < 1.29 is 19.4 Å². The van der Waals surface area contributed by atoms with E-state index in [0.717, 1.165) is 17.7 Å². The fourth-order valence-corrected chi connectivity index (χ4v) is 3.38. The fraction of sp³-hybridized carbons (Fsp3) is 0.571. The van der Waals surface area contributed by atoms with Gasteiger partial charge in [-0.2, -0.15) is 0 Å². The Balaban J connectivity index is 2.09. The van der Waals surface area contributed by atoms with E-state index in [2.05, 4.69) is 10.6 Å². The predicted molar refractivity (Wildman–Crippen MR) is 81.4 cm³/mol. The number of aryl methyl sites for hydroxylation is 1. The van der Waals surface area contributed by atoms with Gasteiger partial charge in [-0.05, 0) is 39.2 Å². The highest BCUT2D eigenvalue weighted by molar-refractivity contribution is 7.16. The first-order chi connectivity index (χ1) is 9.82. The van der Waals surface area contributed by atoms with Crippen molar-refractivity contribution in [1.29, 1.82) is 0 Å². The third-order valence-corrected chi connectivity index (χ3v) is 4.96. The average Bonchev–Trinajstić information content (AvgIpc) is 2.64. The molecule has 2 amide bonds. The highest BCUT2D eigenvalue weighted by Crippen LogP contribution is 2.32. The molecule has 0 atom stereocenters. The molecular weight excluding hydrogens is 292 g/mol. The van der Waals surface area contributed by atoms with Crippen molar-refractivity contribution in [3.05, 3.63) is 16.0 Å². The largest absolute Gasteiger partial charge is 0.478 e. The summed E-state index contributed by atoms with van der Waals surface area (Å²) in [6, 6.07) is -0.372. The molecule has 0 aromatic carbocycles. The quantitative estimate of drug-likeness (QED) is 0.801. The Morgan fingerprint density at radius 1 is 1.29 bits per heavy atom. The van der Waals surface area contributed by atoms with E-state index in [0.29, 0.717) is 23.8 Å². The zero-order chi connectivity index (χ0) is 15.6. The van der Waals surface area contributed by atoms with Gasteiger partial charge in [-0.3, -0.25) is 5.32 Å². The summed E-state index contributed by atoms with van der Waals surface area (Å²) in [5.41, 5.74) is 0.553. The second kappa shape index (κ2) is 6.03. The van der Waals surface area contributed by atoms with E-state index in [1.54, 1.807) is 6.92 Å². The van der Waals surface area contributed by atoms with E-state index in [1.165, 1.54) is 11.3 Å². The van der Waals surface area contributed by atoms with Gasteiger partial charge in [-0.1, -0.05) is 0 Å². The summed E-state index contributed by atoms with van der Waals surface area (Å²) < 4.78 is 5.29. The lowest BCUT2D eigenvalue weighted by Crippen LogP contribution is -2.51. The Kier molecular flexibility index (Phi) is 4.53. The second-order valence-corrected chi connectivity index (χ2v) is 6.77. The maximum absolute atomic E-state index is 12.1. The number of aromatic carboxylic acids is 1. The maximum Gasteiger partial charge on any atom is 0.338 e. The summed E-state index contributed by atoms with van der Waals surface area (Å²) in [6.45, 7) is 6.80. The zero-order valence-corrected chi connectivity index (χ0v) is 13.2. The number of carboxylic acid groups (broad SMARTS) is 1. The van der Waals surface area contributed by atoms with Crippen LogP contribution in [0.4, 0.5) is 9.80 Å². The van der Waals surface area contributed by atoms with Crippen LogP contribution in [0.2, 0.25) is 0 Å². The van der Waals surface area contributed by atoms with Gasteiger partial charge in [0.05, 0.1) is 5.56 Å². The Labute approximate surface area is 127 Å². The predicted octanol–water partition coefficient (Wildman–Crippen LogP) is 2.75. The van der Waals surface area contributed by atoms with Gasteiger partial charge in [0.2, 0.25) is 0 Å². The molecule has 0 spiro atoms. The molecule has 0 unspecified atom stereocenters. The number of thiophene rings is 1. The number of carbonyl (C=O) groups is 2. The van der Waals surface area contributed by atoms with Gasteiger partial charge in [-0.15, -0.1) is 11.3 Å². The van der Waals surface area contributed by atoms with Crippen molar-refractivity contribution in [2.75, 3.05) is 18.5 Å². The van der Waals surface area contributed by atoms with Crippen LogP contribution in [0.15, 0.2) is 0 Å². The highest BCUT2D eigenvalue weighted by atomic mass is 32.1. The number of anilines is 1. The Hall–Kier alpha value is -1.60. The molecule has 1 saturated heterocycles. The fourth-order valence-electron chi connectivity index (χ4n) is 2.33. The summed E-state index contributed by atoms with van der Waals surface area (Å²) in [4.78, 5) is 24.3. The zero-order valence-electron chi connectivity index (χ0n) is 12.4. The monoisotopic (exact) mass is 312 g/mol. The van der Waals surface area contributed by atoms with Crippen molar-refractivity contribution in [2.45, 2.75) is 39.2 Å². The first-order valence-corrected chi connectivity index (χ1v) is 7.64. The molecule has 0 aliphatic carbocycles. The Bertz CT molecular complexity index is 562. The van der Waals surface area contributed by atoms with Crippen LogP contribution < -0.4 is 10.6 Å². The molecule has 0 bridgehead atoms. The number of rotatable bonds is 3. The van der Waals surface area contributed by atoms with E-state index in [9.17, 15) is 14.7 Å². The molecular formula is C14H20N2O4S. The van der Waals surface area contributed by atoms with E-state index in [-0.39, 0.29) is 17.1 Å². The van der Waals surface area contributed by atoms with Crippen molar-refractivity contribution in [3.8, 4) is 0 Å². The van der Waals surface area contributed by atoms with Crippen molar-refractivity contribution >= 4 is 28.3 Å². The van der Waals surface area contributed by atoms with Crippen molar-refractivity contribution in [1.82, 2.24) is 5.32 Å². The molecule has 0 saturated carbocycles. The summed E-state index contributed by atoms with van der Waals surface area (Å²) in [5, 5.41) is 15.2. The third kappa shape index (κ3) is 3.54. The van der Waals surface area contributed by atoms with E-state index >= 15 is 0 Å². The molecule has 3 N–H and O–H groups in total. The molecule has 2 heterocycles. The van der Waals surface area contributed by atoms with Crippen LogP contribution in [-0.4, -0.2) is 35.9 Å². The van der Waals surface area contributed by atoms with Crippen LogP contribution in [-0.2, 0) is 4.74 Å². The second-order valence-electron chi connectivity index (χ2n) is 5.54. The number of nitrogens with one attached hydrogen (secondary N) is 2. The van der Waals surface area contributed by atoms with Crippen LogP contribution in [0.5, 0.6) is 0 Å². The minimum atomic E-state index is -1.02. The van der Waals surface area contributed by atoms with Crippen LogP contribution in [0.1, 0.15) is 40.6 Å². The molecule has 116 valence electrons.